The van der Waals surface area contributed by atoms with Crippen LogP contribution in [0.4, 0.5) is 0 Å². The fraction of sp³-hybridized carbons (Fsp3) is 0.625. The summed E-state index contributed by atoms with van der Waals surface area (Å²) >= 11 is 0. The Kier molecular flexibility index (Phi) is 3.88. The highest BCUT2D eigenvalue weighted by molar-refractivity contribution is 5.26. The average molecular weight is 231 g/mol. The number of hydrogen-bond donors (Lipinski definition) is 1. The third-order valence-corrected chi connectivity index (χ3v) is 4.05. The van der Waals surface area contributed by atoms with Crippen molar-refractivity contribution in [1.82, 2.24) is 0 Å². The molecule has 1 fully saturated rings. The van der Waals surface area contributed by atoms with E-state index in [9.17, 15) is 0 Å². The second kappa shape index (κ2) is 5.22. The molecule has 0 unspecified atom stereocenters. The SMILES string of the molecule is CC(C)c1ccc(CC2(N)CCCCC2)cc1. The van der Waals surface area contributed by atoms with E-state index in [1.807, 2.05) is 0 Å². The van der Waals surface area contributed by atoms with Crippen LogP contribution in [0.15, 0.2) is 24.3 Å². The Morgan fingerprint density at radius 1 is 1.06 bits per heavy atom. The third kappa shape index (κ3) is 3.32. The maximum absolute atomic E-state index is 6.49. The lowest BCUT2D eigenvalue weighted by molar-refractivity contribution is 0.294. The van der Waals surface area contributed by atoms with Crippen LogP contribution < -0.4 is 5.73 Å². The van der Waals surface area contributed by atoms with Crippen LogP contribution in [0.25, 0.3) is 0 Å². The molecule has 0 radical (unpaired) electrons. The minimum atomic E-state index is 0.0671. The predicted molar refractivity (Wildman–Crippen MR) is 74.2 cm³/mol. The van der Waals surface area contributed by atoms with Gasteiger partial charge in [0.2, 0.25) is 0 Å². The van der Waals surface area contributed by atoms with Gasteiger partial charge in [-0.2, -0.15) is 0 Å². The first kappa shape index (κ1) is 12.6. The van der Waals surface area contributed by atoms with Crippen LogP contribution in [0, 0.1) is 0 Å². The van der Waals surface area contributed by atoms with Crippen LogP contribution in [0.1, 0.15) is 63.0 Å². The van der Waals surface area contributed by atoms with Gasteiger partial charge in [-0.15, -0.1) is 0 Å². The Labute approximate surface area is 105 Å². The molecule has 0 bridgehead atoms. The molecule has 1 saturated carbocycles. The lowest BCUT2D eigenvalue weighted by Gasteiger charge is -2.33. The molecular weight excluding hydrogens is 206 g/mol. The molecule has 2 N–H and O–H groups in total. The summed E-state index contributed by atoms with van der Waals surface area (Å²) in [6.07, 6.45) is 7.41. The highest BCUT2D eigenvalue weighted by atomic mass is 14.7. The first-order valence-electron chi connectivity index (χ1n) is 6.97. The Morgan fingerprint density at radius 2 is 1.65 bits per heavy atom. The maximum Gasteiger partial charge on any atom is 0.0195 e. The summed E-state index contributed by atoms with van der Waals surface area (Å²) in [6.45, 7) is 4.47. The van der Waals surface area contributed by atoms with Gasteiger partial charge in [-0.3, -0.25) is 0 Å². The van der Waals surface area contributed by atoms with Gasteiger partial charge >= 0.3 is 0 Å². The molecule has 0 aromatic heterocycles. The molecule has 0 aliphatic heterocycles. The summed E-state index contributed by atoms with van der Waals surface area (Å²) in [4.78, 5) is 0. The molecule has 1 nitrogen and oxygen atoms in total. The van der Waals surface area contributed by atoms with Gasteiger partial charge in [-0.1, -0.05) is 57.4 Å². The third-order valence-electron chi connectivity index (χ3n) is 4.05. The second-order valence-corrected chi connectivity index (χ2v) is 6.00. The summed E-state index contributed by atoms with van der Waals surface area (Å²) in [5.41, 5.74) is 9.38. The minimum Gasteiger partial charge on any atom is -0.325 e. The molecule has 0 atom stereocenters. The molecular formula is C16H25N. The molecule has 1 aliphatic carbocycles. The van der Waals surface area contributed by atoms with E-state index in [0.29, 0.717) is 5.92 Å². The van der Waals surface area contributed by atoms with E-state index < -0.39 is 0 Å². The van der Waals surface area contributed by atoms with Crippen molar-refractivity contribution in [1.29, 1.82) is 0 Å². The van der Waals surface area contributed by atoms with Crippen LogP contribution in [-0.4, -0.2) is 5.54 Å². The predicted octanol–water partition coefficient (Wildman–Crippen LogP) is 4.01. The largest absolute Gasteiger partial charge is 0.325 e. The first-order valence-corrected chi connectivity index (χ1v) is 6.97. The van der Waals surface area contributed by atoms with E-state index in [2.05, 4.69) is 38.1 Å². The van der Waals surface area contributed by atoms with Gasteiger partial charge in [-0.25, -0.2) is 0 Å². The zero-order valence-corrected chi connectivity index (χ0v) is 11.2. The van der Waals surface area contributed by atoms with Crippen molar-refractivity contribution in [3.63, 3.8) is 0 Å². The fourth-order valence-electron chi connectivity index (χ4n) is 2.86. The van der Waals surface area contributed by atoms with Gasteiger partial charge in [0.1, 0.15) is 0 Å². The Hall–Kier alpha value is -0.820. The van der Waals surface area contributed by atoms with Gasteiger partial charge in [0.25, 0.3) is 0 Å². The van der Waals surface area contributed by atoms with Crippen LogP contribution in [0.3, 0.4) is 0 Å². The quantitative estimate of drug-likeness (QED) is 0.835. The summed E-state index contributed by atoms with van der Waals surface area (Å²) < 4.78 is 0. The van der Waals surface area contributed by atoms with Crippen LogP contribution in [0.5, 0.6) is 0 Å². The van der Waals surface area contributed by atoms with E-state index in [1.54, 1.807) is 0 Å². The van der Waals surface area contributed by atoms with Crippen molar-refractivity contribution in [2.45, 2.75) is 63.8 Å². The topological polar surface area (TPSA) is 26.0 Å². The van der Waals surface area contributed by atoms with E-state index in [-0.39, 0.29) is 5.54 Å². The van der Waals surface area contributed by atoms with Gasteiger partial charge in [0.05, 0.1) is 0 Å². The lowest BCUT2D eigenvalue weighted by Crippen LogP contribution is -2.43. The monoisotopic (exact) mass is 231 g/mol. The van der Waals surface area contributed by atoms with E-state index >= 15 is 0 Å². The van der Waals surface area contributed by atoms with Crippen LogP contribution in [-0.2, 0) is 6.42 Å². The summed E-state index contributed by atoms with van der Waals surface area (Å²) in [5, 5.41) is 0. The van der Waals surface area contributed by atoms with E-state index in [1.165, 1.54) is 43.2 Å². The zero-order valence-electron chi connectivity index (χ0n) is 11.2. The molecule has 0 amide bonds. The molecule has 0 heterocycles. The average Bonchev–Trinajstić information content (AvgIpc) is 2.30. The molecule has 1 heteroatoms. The summed E-state index contributed by atoms with van der Waals surface area (Å²) in [6, 6.07) is 9.04. The van der Waals surface area contributed by atoms with Gasteiger partial charge < -0.3 is 5.73 Å². The number of hydrogen-bond acceptors (Lipinski definition) is 1. The minimum absolute atomic E-state index is 0.0671. The molecule has 2 rings (SSSR count). The molecule has 94 valence electrons. The highest BCUT2D eigenvalue weighted by Crippen LogP contribution is 2.29. The maximum atomic E-state index is 6.49. The number of rotatable bonds is 3. The number of nitrogens with two attached hydrogens (primary N) is 1. The van der Waals surface area contributed by atoms with Crippen LogP contribution in [0.2, 0.25) is 0 Å². The highest BCUT2D eigenvalue weighted by Gasteiger charge is 2.27. The van der Waals surface area contributed by atoms with E-state index in [0.717, 1.165) is 6.42 Å². The molecule has 1 aromatic carbocycles. The number of benzene rings is 1. The fourth-order valence-corrected chi connectivity index (χ4v) is 2.86. The summed E-state index contributed by atoms with van der Waals surface area (Å²) in [7, 11) is 0. The smallest absolute Gasteiger partial charge is 0.0195 e. The van der Waals surface area contributed by atoms with Crippen molar-refractivity contribution in [2.75, 3.05) is 0 Å². The zero-order chi connectivity index (χ0) is 12.3. The normalized spacial score (nSPS) is 19.5. The Balaban J connectivity index is 2.03. The molecule has 17 heavy (non-hydrogen) atoms. The van der Waals surface area contributed by atoms with Gasteiger partial charge in [-0.05, 0) is 36.3 Å². The Morgan fingerprint density at radius 3 is 2.18 bits per heavy atom. The first-order chi connectivity index (χ1) is 8.09. The molecule has 1 aliphatic rings. The van der Waals surface area contributed by atoms with E-state index in [4.69, 9.17) is 5.73 Å². The van der Waals surface area contributed by atoms with Crippen molar-refractivity contribution < 1.29 is 0 Å². The lowest BCUT2D eigenvalue weighted by atomic mass is 9.78. The Bertz CT molecular complexity index is 344. The van der Waals surface area contributed by atoms with Gasteiger partial charge in [0.15, 0.2) is 0 Å². The van der Waals surface area contributed by atoms with Crippen molar-refractivity contribution in [2.24, 2.45) is 5.73 Å². The molecule has 0 spiro atoms. The van der Waals surface area contributed by atoms with Crippen molar-refractivity contribution in [3.05, 3.63) is 35.4 Å². The standard InChI is InChI=1S/C16H25N/c1-13(2)15-8-6-14(7-9-15)12-16(17)10-4-3-5-11-16/h6-9,13H,3-5,10-12,17H2,1-2H3. The molecule has 1 aromatic rings. The van der Waals surface area contributed by atoms with Crippen LogP contribution >= 0.6 is 0 Å². The van der Waals surface area contributed by atoms with Crippen molar-refractivity contribution >= 4 is 0 Å². The van der Waals surface area contributed by atoms with Crippen molar-refractivity contribution in [3.8, 4) is 0 Å². The summed E-state index contributed by atoms with van der Waals surface area (Å²) in [5.74, 6) is 0.616. The van der Waals surface area contributed by atoms with Gasteiger partial charge in [0, 0.05) is 5.54 Å². The second-order valence-electron chi connectivity index (χ2n) is 6.00. The molecule has 0 saturated heterocycles.